The minimum Gasteiger partial charge on any atom is -0.486 e. The molecule has 7 heteroatoms. The Morgan fingerprint density at radius 1 is 1.07 bits per heavy atom. The van der Waals surface area contributed by atoms with Crippen molar-refractivity contribution in [1.29, 1.82) is 0 Å². The summed E-state index contributed by atoms with van der Waals surface area (Å²) >= 11 is 5.85. The fraction of sp³-hybridized carbons (Fsp3) is 0.238. The molecule has 0 bridgehead atoms. The standard InChI is InChI=1S/C21H19ClN2O4/c22-16-3-1-13(2-4-16)9-20(25)23-6-5-14-10-15-11-18-19(28-8-7-27-18)12-17(15)24-21(14)26/h1-4,10-12H,5-9H2,(H,23,25)(H,24,26). The molecule has 0 fully saturated rings. The Hall–Kier alpha value is -2.99. The fourth-order valence-corrected chi connectivity index (χ4v) is 3.29. The second-order valence-electron chi connectivity index (χ2n) is 6.61. The molecule has 4 rings (SSSR count). The maximum atomic E-state index is 12.3. The van der Waals surface area contributed by atoms with Crippen molar-refractivity contribution >= 4 is 28.4 Å². The van der Waals surface area contributed by atoms with Gasteiger partial charge in [0, 0.05) is 28.6 Å². The Morgan fingerprint density at radius 3 is 2.54 bits per heavy atom. The zero-order chi connectivity index (χ0) is 19.5. The molecule has 1 aromatic heterocycles. The lowest BCUT2D eigenvalue weighted by atomic mass is 10.1. The number of rotatable bonds is 5. The number of aromatic amines is 1. The molecule has 2 aromatic carbocycles. The lowest BCUT2D eigenvalue weighted by Crippen LogP contribution is -2.28. The van der Waals surface area contributed by atoms with Crippen LogP contribution < -0.4 is 20.3 Å². The first-order chi connectivity index (χ1) is 13.6. The van der Waals surface area contributed by atoms with Gasteiger partial charge in [0.25, 0.3) is 5.56 Å². The van der Waals surface area contributed by atoms with Crippen LogP contribution >= 0.6 is 11.6 Å². The topological polar surface area (TPSA) is 80.4 Å². The van der Waals surface area contributed by atoms with Crippen LogP contribution in [-0.2, 0) is 17.6 Å². The van der Waals surface area contributed by atoms with Crippen molar-refractivity contribution in [2.45, 2.75) is 12.8 Å². The minimum atomic E-state index is -0.170. The molecule has 2 N–H and O–H groups in total. The van der Waals surface area contributed by atoms with Crippen molar-refractivity contribution in [2.75, 3.05) is 19.8 Å². The number of carbonyl (C=O) groups excluding carboxylic acids is 1. The SMILES string of the molecule is O=C(Cc1ccc(Cl)cc1)NCCc1cc2cc3c(cc2[nH]c1=O)OCCO3. The van der Waals surface area contributed by atoms with E-state index in [-0.39, 0.29) is 17.9 Å². The number of pyridine rings is 1. The molecule has 1 amide bonds. The van der Waals surface area contributed by atoms with Crippen LogP contribution in [0.4, 0.5) is 0 Å². The molecule has 28 heavy (non-hydrogen) atoms. The predicted molar refractivity (Wildman–Crippen MR) is 107 cm³/mol. The van der Waals surface area contributed by atoms with Crippen LogP contribution in [0.5, 0.6) is 11.5 Å². The van der Waals surface area contributed by atoms with E-state index in [0.29, 0.717) is 53.8 Å². The highest BCUT2D eigenvalue weighted by molar-refractivity contribution is 6.30. The number of benzene rings is 2. The Labute approximate surface area is 166 Å². The maximum Gasteiger partial charge on any atom is 0.251 e. The summed E-state index contributed by atoms with van der Waals surface area (Å²) < 4.78 is 11.1. The van der Waals surface area contributed by atoms with Crippen molar-refractivity contribution in [2.24, 2.45) is 0 Å². The summed E-state index contributed by atoms with van der Waals surface area (Å²) in [5.41, 5.74) is 2.02. The van der Waals surface area contributed by atoms with Crippen LogP contribution in [0.25, 0.3) is 10.9 Å². The average Bonchev–Trinajstić information content (AvgIpc) is 2.69. The van der Waals surface area contributed by atoms with Crippen molar-refractivity contribution in [3.05, 3.63) is 69.0 Å². The van der Waals surface area contributed by atoms with Gasteiger partial charge in [0.15, 0.2) is 11.5 Å². The van der Waals surface area contributed by atoms with E-state index in [1.807, 2.05) is 24.3 Å². The van der Waals surface area contributed by atoms with E-state index >= 15 is 0 Å². The maximum absolute atomic E-state index is 12.3. The van der Waals surface area contributed by atoms with Crippen molar-refractivity contribution < 1.29 is 14.3 Å². The van der Waals surface area contributed by atoms with Gasteiger partial charge in [0.05, 0.1) is 11.9 Å². The summed E-state index contributed by atoms with van der Waals surface area (Å²) in [6, 6.07) is 12.6. The second kappa shape index (κ2) is 7.94. The number of ether oxygens (including phenoxy) is 2. The van der Waals surface area contributed by atoms with Crippen molar-refractivity contribution in [3.8, 4) is 11.5 Å². The van der Waals surface area contributed by atoms with Crippen LogP contribution in [0, 0.1) is 0 Å². The first-order valence-electron chi connectivity index (χ1n) is 9.05. The minimum absolute atomic E-state index is 0.0980. The van der Waals surface area contributed by atoms with Gasteiger partial charge >= 0.3 is 0 Å². The quantitative estimate of drug-likeness (QED) is 0.692. The van der Waals surface area contributed by atoms with Crippen molar-refractivity contribution in [1.82, 2.24) is 10.3 Å². The summed E-state index contributed by atoms with van der Waals surface area (Å²) in [7, 11) is 0. The fourth-order valence-electron chi connectivity index (χ4n) is 3.16. The number of amides is 1. The van der Waals surface area contributed by atoms with Crippen LogP contribution in [-0.4, -0.2) is 30.6 Å². The van der Waals surface area contributed by atoms with E-state index in [9.17, 15) is 9.59 Å². The molecule has 0 aliphatic carbocycles. The molecule has 0 atom stereocenters. The van der Waals surface area contributed by atoms with Gasteiger partial charge in [-0.2, -0.15) is 0 Å². The average molecular weight is 399 g/mol. The van der Waals surface area contributed by atoms with Gasteiger partial charge < -0.3 is 19.8 Å². The Balaban J connectivity index is 1.41. The highest BCUT2D eigenvalue weighted by Crippen LogP contribution is 2.33. The molecule has 3 aromatic rings. The van der Waals surface area contributed by atoms with Crippen LogP contribution in [0.2, 0.25) is 5.02 Å². The van der Waals surface area contributed by atoms with E-state index in [1.54, 1.807) is 18.2 Å². The second-order valence-corrected chi connectivity index (χ2v) is 7.05. The summed E-state index contributed by atoms with van der Waals surface area (Å²) in [6.45, 7) is 1.39. The number of nitrogens with one attached hydrogen (secondary N) is 2. The molecule has 0 spiro atoms. The van der Waals surface area contributed by atoms with Gasteiger partial charge in [0.2, 0.25) is 5.91 Å². The largest absolute Gasteiger partial charge is 0.486 e. The number of halogens is 1. The van der Waals surface area contributed by atoms with Gasteiger partial charge in [-0.1, -0.05) is 23.7 Å². The number of hydrogen-bond donors (Lipinski definition) is 2. The summed E-state index contributed by atoms with van der Waals surface area (Å²) in [5, 5.41) is 4.35. The predicted octanol–water partition coefficient (Wildman–Crippen LogP) is 2.85. The smallest absolute Gasteiger partial charge is 0.251 e. The molecular weight excluding hydrogens is 380 g/mol. The van der Waals surface area contributed by atoms with E-state index in [0.717, 1.165) is 10.9 Å². The molecule has 0 unspecified atom stereocenters. The van der Waals surface area contributed by atoms with E-state index < -0.39 is 0 Å². The Bertz CT molecular complexity index is 1080. The third-order valence-corrected chi connectivity index (χ3v) is 4.83. The third kappa shape index (κ3) is 4.12. The van der Waals surface area contributed by atoms with E-state index in [2.05, 4.69) is 10.3 Å². The molecule has 1 aliphatic rings. The third-order valence-electron chi connectivity index (χ3n) is 4.58. The molecule has 0 saturated heterocycles. The number of H-pyrrole nitrogens is 1. The van der Waals surface area contributed by atoms with Gasteiger partial charge in [-0.3, -0.25) is 9.59 Å². The number of fused-ring (bicyclic) bond motifs is 2. The number of aromatic nitrogens is 1. The summed E-state index contributed by atoms with van der Waals surface area (Å²) in [4.78, 5) is 27.3. The number of hydrogen-bond acceptors (Lipinski definition) is 4. The highest BCUT2D eigenvalue weighted by Gasteiger charge is 2.14. The normalized spacial score (nSPS) is 12.8. The van der Waals surface area contributed by atoms with Crippen LogP contribution in [0.3, 0.4) is 0 Å². The van der Waals surface area contributed by atoms with Gasteiger partial charge in [-0.15, -0.1) is 0 Å². The first kappa shape index (κ1) is 18.4. The molecule has 144 valence electrons. The molecule has 6 nitrogen and oxygen atoms in total. The molecule has 2 heterocycles. The van der Waals surface area contributed by atoms with Crippen LogP contribution in [0.15, 0.2) is 47.3 Å². The van der Waals surface area contributed by atoms with Gasteiger partial charge in [-0.25, -0.2) is 0 Å². The Kier molecular flexibility index (Phi) is 5.21. The van der Waals surface area contributed by atoms with Gasteiger partial charge in [0.1, 0.15) is 13.2 Å². The lowest BCUT2D eigenvalue weighted by molar-refractivity contribution is -0.120. The first-order valence-corrected chi connectivity index (χ1v) is 9.43. The number of carbonyl (C=O) groups is 1. The molecule has 0 radical (unpaired) electrons. The summed E-state index contributed by atoms with van der Waals surface area (Å²) in [6.07, 6.45) is 0.709. The van der Waals surface area contributed by atoms with E-state index in [4.69, 9.17) is 21.1 Å². The zero-order valence-electron chi connectivity index (χ0n) is 15.1. The Morgan fingerprint density at radius 2 is 1.79 bits per heavy atom. The molecule has 0 saturated carbocycles. The molecule has 1 aliphatic heterocycles. The van der Waals surface area contributed by atoms with Crippen LogP contribution in [0.1, 0.15) is 11.1 Å². The highest BCUT2D eigenvalue weighted by atomic mass is 35.5. The lowest BCUT2D eigenvalue weighted by Gasteiger charge is -2.18. The van der Waals surface area contributed by atoms with Gasteiger partial charge in [-0.05, 0) is 36.2 Å². The summed E-state index contributed by atoms with van der Waals surface area (Å²) in [5.74, 6) is 1.21. The molecular formula is C21H19ClN2O4. The monoisotopic (exact) mass is 398 g/mol. The van der Waals surface area contributed by atoms with E-state index in [1.165, 1.54) is 0 Å². The van der Waals surface area contributed by atoms with Crippen molar-refractivity contribution in [3.63, 3.8) is 0 Å². The zero-order valence-corrected chi connectivity index (χ0v) is 15.8.